The molecular weight excluding hydrogens is 126 g/mol. The van der Waals surface area contributed by atoms with Gasteiger partial charge in [-0.3, -0.25) is 0 Å². The van der Waals surface area contributed by atoms with E-state index in [2.05, 4.69) is 18.9 Å². The summed E-state index contributed by atoms with van der Waals surface area (Å²) in [5.41, 5.74) is 0. The van der Waals surface area contributed by atoms with Gasteiger partial charge in [0.2, 0.25) is 0 Å². The lowest BCUT2D eigenvalue weighted by Gasteiger charge is -2.17. The quantitative estimate of drug-likeness (QED) is 0.489. The van der Waals surface area contributed by atoms with Gasteiger partial charge >= 0.3 is 0 Å². The van der Waals surface area contributed by atoms with Crippen LogP contribution in [0.1, 0.15) is 6.92 Å². The van der Waals surface area contributed by atoms with E-state index in [9.17, 15) is 0 Å². The normalized spacial score (nSPS) is 48.0. The Morgan fingerprint density at radius 2 is 2.20 bits per heavy atom. The van der Waals surface area contributed by atoms with Gasteiger partial charge in [0, 0.05) is 24.4 Å². The Hall–Kier alpha value is -0.0800. The third-order valence-electron chi connectivity index (χ3n) is 3.09. The maximum absolute atomic E-state index is 5.40. The second kappa shape index (κ2) is 2.21. The summed E-state index contributed by atoms with van der Waals surface area (Å²) in [6, 6.07) is 0.743. The van der Waals surface area contributed by atoms with Crippen molar-refractivity contribution in [2.24, 2.45) is 11.8 Å². The number of likely N-dealkylation sites (tertiary alicyclic amines) is 1. The molecule has 0 aromatic heterocycles. The molecule has 0 spiro atoms. The topological polar surface area (TPSA) is 12.5 Å². The van der Waals surface area contributed by atoms with Crippen molar-refractivity contribution < 1.29 is 4.74 Å². The highest BCUT2D eigenvalue weighted by Crippen LogP contribution is 2.33. The van der Waals surface area contributed by atoms with Gasteiger partial charge in [0.1, 0.15) is 0 Å². The minimum atomic E-state index is 0.743. The molecule has 0 N–H and O–H groups in total. The molecule has 58 valence electrons. The van der Waals surface area contributed by atoms with Crippen LogP contribution in [0.2, 0.25) is 0 Å². The number of ether oxygens (including phenoxy) is 1. The fourth-order valence-electron chi connectivity index (χ4n) is 2.20. The van der Waals surface area contributed by atoms with Crippen LogP contribution in [0.4, 0.5) is 0 Å². The number of fused-ring (bicyclic) bond motifs is 1. The summed E-state index contributed by atoms with van der Waals surface area (Å²) in [6.45, 7) is 5.54. The van der Waals surface area contributed by atoms with Crippen LogP contribution in [0.15, 0.2) is 0 Å². The highest BCUT2D eigenvalue weighted by Gasteiger charge is 2.40. The number of rotatable bonds is 0. The monoisotopic (exact) mass is 141 g/mol. The molecule has 10 heavy (non-hydrogen) atoms. The number of hydrogen-bond donors (Lipinski definition) is 0. The summed E-state index contributed by atoms with van der Waals surface area (Å²) in [6.07, 6.45) is 0. The first-order chi connectivity index (χ1) is 4.79. The van der Waals surface area contributed by atoms with E-state index >= 15 is 0 Å². The lowest BCUT2D eigenvalue weighted by molar-refractivity contribution is 0.145. The molecule has 2 aliphatic rings. The van der Waals surface area contributed by atoms with Crippen molar-refractivity contribution in [2.45, 2.75) is 13.0 Å². The van der Waals surface area contributed by atoms with Crippen molar-refractivity contribution in [1.29, 1.82) is 0 Å². The Morgan fingerprint density at radius 3 is 2.90 bits per heavy atom. The average Bonchev–Trinajstić information content (AvgIpc) is 2.41. The van der Waals surface area contributed by atoms with Crippen molar-refractivity contribution >= 4 is 0 Å². The molecule has 2 nitrogen and oxygen atoms in total. The summed E-state index contributed by atoms with van der Waals surface area (Å²) in [4.78, 5) is 2.44. The predicted octanol–water partition coefficient (Wildman–Crippen LogP) is 0.583. The zero-order valence-electron chi connectivity index (χ0n) is 6.71. The van der Waals surface area contributed by atoms with Crippen molar-refractivity contribution in [2.75, 3.05) is 26.8 Å². The van der Waals surface area contributed by atoms with Gasteiger partial charge < -0.3 is 9.64 Å². The van der Waals surface area contributed by atoms with Crippen LogP contribution in [-0.2, 0) is 4.74 Å². The van der Waals surface area contributed by atoms with Crippen LogP contribution in [0.5, 0.6) is 0 Å². The van der Waals surface area contributed by atoms with E-state index in [1.54, 1.807) is 0 Å². The van der Waals surface area contributed by atoms with E-state index in [4.69, 9.17) is 4.74 Å². The van der Waals surface area contributed by atoms with Gasteiger partial charge in [-0.05, 0) is 14.0 Å². The summed E-state index contributed by atoms with van der Waals surface area (Å²) in [5.74, 6) is 1.66. The van der Waals surface area contributed by atoms with E-state index in [-0.39, 0.29) is 0 Å². The lowest BCUT2D eigenvalue weighted by atomic mass is 9.95. The van der Waals surface area contributed by atoms with Gasteiger partial charge in [-0.15, -0.1) is 0 Å². The second-order valence-corrected chi connectivity index (χ2v) is 3.64. The molecule has 0 radical (unpaired) electrons. The van der Waals surface area contributed by atoms with E-state index in [1.165, 1.54) is 6.54 Å². The van der Waals surface area contributed by atoms with Crippen molar-refractivity contribution in [3.05, 3.63) is 0 Å². The van der Waals surface area contributed by atoms with Crippen LogP contribution in [-0.4, -0.2) is 37.7 Å². The Balaban J connectivity index is 2.09. The minimum absolute atomic E-state index is 0.743. The molecule has 0 amide bonds. The van der Waals surface area contributed by atoms with Gasteiger partial charge in [0.05, 0.1) is 13.2 Å². The third kappa shape index (κ3) is 0.789. The van der Waals surface area contributed by atoms with Crippen molar-refractivity contribution in [3.63, 3.8) is 0 Å². The molecule has 0 aromatic carbocycles. The number of nitrogens with zero attached hydrogens (tertiary/aromatic N) is 1. The fraction of sp³-hybridized carbons (Fsp3) is 1.00. The average molecular weight is 141 g/mol. The molecular formula is C8H15NO. The number of hydrogen-bond acceptors (Lipinski definition) is 2. The molecule has 0 unspecified atom stereocenters. The molecule has 2 saturated heterocycles. The van der Waals surface area contributed by atoms with E-state index in [0.29, 0.717) is 0 Å². The molecule has 2 aliphatic heterocycles. The highest BCUT2D eigenvalue weighted by atomic mass is 16.5. The van der Waals surface area contributed by atoms with Crippen LogP contribution < -0.4 is 0 Å². The predicted molar refractivity (Wildman–Crippen MR) is 39.9 cm³/mol. The summed E-state index contributed by atoms with van der Waals surface area (Å²) >= 11 is 0. The molecule has 3 atom stereocenters. The summed E-state index contributed by atoms with van der Waals surface area (Å²) in [7, 11) is 2.21. The standard InChI is InChI=1S/C8H15NO/c1-6-8-5-10-4-7(8)3-9(6)2/h6-8H,3-5H2,1-2H3/t6-,7-,8-/m1/s1. The molecule has 0 bridgehead atoms. The maximum Gasteiger partial charge on any atom is 0.0513 e. The molecule has 2 fully saturated rings. The maximum atomic E-state index is 5.40. The molecule has 2 rings (SSSR count). The molecule has 2 heterocycles. The molecule has 0 aromatic rings. The lowest BCUT2D eigenvalue weighted by Crippen LogP contribution is -2.27. The van der Waals surface area contributed by atoms with E-state index in [1.807, 2.05) is 0 Å². The highest BCUT2D eigenvalue weighted by molar-refractivity contribution is 4.91. The van der Waals surface area contributed by atoms with Crippen LogP contribution in [0.3, 0.4) is 0 Å². The van der Waals surface area contributed by atoms with Crippen LogP contribution in [0.25, 0.3) is 0 Å². The molecule has 2 heteroatoms. The third-order valence-corrected chi connectivity index (χ3v) is 3.09. The Morgan fingerprint density at radius 1 is 1.40 bits per heavy atom. The van der Waals surface area contributed by atoms with Gasteiger partial charge in [-0.25, -0.2) is 0 Å². The van der Waals surface area contributed by atoms with Gasteiger partial charge in [0.25, 0.3) is 0 Å². The van der Waals surface area contributed by atoms with Gasteiger partial charge in [0.15, 0.2) is 0 Å². The molecule has 0 aliphatic carbocycles. The van der Waals surface area contributed by atoms with E-state index < -0.39 is 0 Å². The first kappa shape index (κ1) is 6.62. The Labute approximate surface area is 62.2 Å². The van der Waals surface area contributed by atoms with Crippen LogP contribution >= 0.6 is 0 Å². The first-order valence-electron chi connectivity index (χ1n) is 4.07. The zero-order chi connectivity index (χ0) is 7.14. The van der Waals surface area contributed by atoms with Crippen molar-refractivity contribution in [1.82, 2.24) is 4.90 Å². The van der Waals surface area contributed by atoms with Crippen molar-refractivity contribution in [3.8, 4) is 0 Å². The molecule has 0 saturated carbocycles. The van der Waals surface area contributed by atoms with Gasteiger partial charge in [-0.2, -0.15) is 0 Å². The Bertz CT molecular complexity index is 135. The largest absolute Gasteiger partial charge is 0.381 e. The Kier molecular flexibility index (Phi) is 1.46. The second-order valence-electron chi connectivity index (χ2n) is 3.64. The summed E-state index contributed by atoms with van der Waals surface area (Å²) < 4.78 is 5.40. The summed E-state index contributed by atoms with van der Waals surface area (Å²) in [5, 5.41) is 0. The first-order valence-corrected chi connectivity index (χ1v) is 4.07. The fourth-order valence-corrected chi connectivity index (χ4v) is 2.20. The zero-order valence-corrected chi connectivity index (χ0v) is 6.71. The minimum Gasteiger partial charge on any atom is -0.381 e. The SMILES string of the molecule is C[C@@H]1[C@H]2COC[C@H]2CN1C. The smallest absolute Gasteiger partial charge is 0.0513 e. The van der Waals surface area contributed by atoms with Gasteiger partial charge in [-0.1, -0.05) is 0 Å². The van der Waals surface area contributed by atoms with Crippen LogP contribution in [0, 0.1) is 11.8 Å². The van der Waals surface area contributed by atoms with E-state index in [0.717, 1.165) is 31.1 Å².